The molecule has 1 aromatic carbocycles. The molecule has 0 bridgehead atoms. The molecule has 0 radical (unpaired) electrons. The molecular formula is C17H17ClF3N3O3. The van der Waals surface area contributed by atoms with Crippen LogP contribution in [0.15, 0.2) is 16.9 Å². The summed E-state index contributed by atoms with van der Waals surface area (Å²) < 4.78 is 48.9. The van der Waals surface area contributed by atoms with Gasteiger partial charge in [-0.2, -0.15) is 13.2 Å². The third-order valence-corrected chi connectivity index (χ3v) is 4.60. The van der Waals surface area contributed by atoms with E-state index in [1.807, 2.05) is 9.88 Å². The molecule has 0 saturated carbocycles. The fourth-order valence-electron chi connectivity index (χ4n) is 3.07. The van der Waals surface area contributed by atoms with Crippen molar-refractivity contribution in [2.75, 3.05) is 20.8 Å². The number of hydrogen-bond acceptors (Lipinski definition) is 5. The minimum atomic E-state index is -4.68. The van der Waals surface area contributed by atoms with E-state index < -0.39 is 17.6 Å². The zero-order valence-electron chi connectivity index (χ0n) is 14.6. The number of fused-ring (bicyclic) bond motifs is 1. The van der Waals surface area contributed by atoms with Crippen molar-refractivity contribution < 1.29 is 22.6 Å². The Hall–Kier alpha value is -2.26. The average Bonchev–Trinajstić information content (AvgIpc) is 2.60. The molecular weight excluding hydrogens is 387 g/mol. The predicted molar refractivity (Wildman–Crippen MR) is 92.2 cm³/mol. The van der Waals surface area contributed by atoms with Gasteiger partial charge in [-0.3, -0.25) is 9.69 Å². The number of benzene rings is 1. The molecule has 1 aliphatic heterocycles. The third-order valence-electron chi connectivity index (χ3n) is 4.32. The lowest BCUT2D eigenvalue weighted by Crippen LogP contribution is -2.36. The largest absolute Gasteiger partial charge is 0.493 e. The highest BCUT2D eigenvalue weighted by molar-refractivity contribution is 6.32. The minimum absolute atomic E-state index is 0.188. The molecule has 0 fully saturated rings. The highest BCUT2D eigenvalue weighted by Gasteiger charge is 2.36. The summed E-state index contributed by atoms with van der Waals surface area (Å²) in [4.78, 5) is 19.4. The lowest BCUT2D eigenvalue weighted by molar-refractivity contribution is -0.145. The first kappa shape index (κ1) is 19.5. The molecule has 1 N–H and O–H groups in total. The van der Waals surface area contributed by atoms with Gasteiger partial charge in [0.1, 0.15) is 0 Å². The zero-order chi connectivity index (χ0) is 19.8. The molecule has 10 heteroatoms. The number of alkyl halides is 3. The van der Waals surface area contributed by atoms with Crippen LogP contribution in [0.25, 0.3) is 0 Å². The van der Waals surface area contributed by atoms with E-state index in [2.05, 4.69) is 4.98 Å². The van der Waals surface area contributed by atoms with Crippen molar-refractivity contribution >= 4 is 11.6 Å². The molecule has 1 aromatic heterocycles. The number of nitrogens with one attached hydrogen (secondary N) is 1. The van der Waals surface area contributed by atoms with Gasteiger partial charge in [0.15, 0.2) is 11.5 Å². The Morgan fingerprint density at radius 2 is 2.04 bits per heavy atom. The lowest BCUT2D eigenvalue weighted by atomic mass is 10.1. The molecule has 146 valence electrons. The van der Waals surface area contributed by atoms with Crippen LogP contribution >= 0.6 is 11.6 Å². The van der Waals surface area contributed by atoms with Crippen LogP contribution in [0.4, 0.5) is 13.2 Å². The van der Waals surface area contributed by atoms with Gasteiger partial charge in [-0.05, 0) is 17.7 Å². The second kappa shape index (κ2) is 7.40. The van der Waals surface area contributed by atoms with Gasteiger partial charge < -0.3 is 14.5 Å². The molecule has 3 rings (SSSR count). The quantitative estimate of drug-likeness (QED) is 0.850. The molecule has 2 heterocycles. The topological polar surface area (TPSA) is 67.5 Å². The molecule has 2 aromatic rings. The number of rotatable bonds is 4. The molecule has 27 heavy (non-hydrogen) atoms. The summed E-state index contributed by atoms with van der Waals surface area (Å²) >= 11 is 6.20. The first-order chi connectivity index (χ1) is 12.7. The smallest absolute Gasteiger partial charge is 0.449 e. The second-order valence-corrected chi connectivity index (χ2v) is 6.52. The Morgan fingerprint density at radius 1 is 1.30 bits per heavy atom. The molecule has 0 unspecified atom stereocenters. The Bertz CT molecular complexity index is 915. The molecule has 0 spiro atoms. The average molecular weight is 404 g/mol. The monoisotopic (exact) mass is 403 g/mol. The van der Waals surface area contributed by atoms with Crippen molar-refractivity contribution in [3.05, 3.63) is 50.2 Å². The Kier molecular flexibility index (Phi) is 5.34. The Labute approximate surface area is 157 Å². The molecule has 0 aliphatic carbocycles. The van der Waals surface area contributed by atoms with Crippen LogP contribution in [0, 0.1) is 0 Å². The number of ether oxygens (including phenoxy) is 2. The van der Waals surface area contributed by atoms with Crippen molar-refractivity contribution in [2.45, 2.75) is 25.7 Å². The molecule has 6 nitrogen and oxygen atoms in total. The van der Waals surface area contributed by atoms with E-state index in [9.17, 15) is 18.0 Å². The molecule has 0 atom stereocenters. The van der Waals surface area contributed by atoms with Crippen molar-refractivity contribution in [1.29, 1.82) is 0 Å². The standard InChI is InChI=1S/C17H17ClF3N3O3/c1-26-13-6-9(5-11(18)14(13)27-2)7-24-4-3-12-10(8-24)15(25)23-16(22-12)17(19,20)21/h5-6H,3-4,7-8H2,1-2H3,(H,22,23,25). The van der Waals surface area contributed by atoms with Crippen molar-refractivity contribution in [1.82, 2.24) is 14.9 Å². The number of H-pyrrole nitrogens is 1. The summed E-state index contributed by atoms with van der Waals surface area (Å²) in [5, 5.41) is 0.388. The SMILES string of the molecule is COc1cc(CN2CCc3nc(C(F)(F)F)[nH]c(=O)c3C2)cc(Cl)c1OC. The van der Waals surface area contributed by atoms with Crippen LogP contribution in [-0.2, 0) is 25.7 Å². The number of aromatic nitrogens is 2. The van der Waals surface area contributed by atoms with Crippen LogP contribution in [0.1, 0.15) is 22.6 Å². The number of aromatic amines is 1. The second-order valence-electron chi connectivity index (χ2n) is 6.11. The normalized spacial score (nSPS) is 14.7. The van der Waals surface area contributed by atoms with Crippen LogP contribution in [0.2, 0.25) is 5.02 Å². The van der Waals surface area contributed by atoms with E-state index >= 15 is 0 Å². The van der Waals surface area contributed by atoms with Crippen molar-refractivity contribution in [3.63, 3.8) is 0 Å². The van der Waals surface area contributed by atoms with Crippen molar-refractivity contribution in [3.8, 4) is 11.5 Å². The summed E-state index contributed by atoms with van der Waals surface area (Å²) in [5.74, 6) is -0.356. The first-order valence-corrected chi connectivity index (χ1v) is 8.42. The highest BCUT2D eigenvalue weighted by atomic mass is 35.5. The van der Waals surface area contributed by atoms with Gasteiger partial charge in [0, 0.05) is 26.1 Å². The molecule has 0 amide bonds. The van der Waals surface area contributed by atoms with Gasteiger partial charge in [0.2, 0.25) is 5.82 Å². The van der Waals surface area contributed by atoms with Gasteiger partial charge in [0.25, 0.3) is 5.56 Å². The number of halogens is 4. The lowest BCUT2D eigenvalue weighted by Gasteiger charge is -2.28. The van der Waals surface area contributed by atoms with Crippen LogP contribution in [0.3, 0.4) is 0 Å². The molecule has 0 saturated heterocycles. The van der Waals surface area contributed by atoms with Crippen LogP contribution < -0.4 is 15.0 Å². The summed E-state index contributed by atoms with van der Waals surface area (Å²) in [6.07, 6.45) is -4.43. The van der Waals surface area contributed by atoms with E-state index in [1.54, 1.807) is 12.1 Å². The van der Waals surface area contributed by atoms with E-state index in [0.717, 1.165) is 5.56 Å². The maximum Gasteiger partial charge on any atom is 0.449 e. The fraction of sp³-hybridized carbons (Fsp3) is 0.412. The van der Waals surface area contributed by atoms with E-state index in [-0.39, 0.29) is 24.2 Å². The predicted octanol–water partition coefficient (Wildman–Crippen LogP) is 3.02. The maximum atomic E-state index is 12.8. The Morgan fingerprint density at radius 3 is 2.67 bits per heavy atom. The number of hydrogen-bond donors (Lipinski definition) is 1. The highest BCUT2D eigenvalue weighted by Crippen LogP contribution is 2.36. The maximum absolute atomic E-state index is 12.8. The van der Waals surface area contributed by atoms with E-state index in [4.69, 9.17) is 21.1 Å². The van der Waals surface area contributed by atoms with Gasteiger partial charge in [-0.1, -0.05) is 11.6 Å². The summed E-state index contributed by atoms with van der Waals surface area (Å²) in [5.41, 5.74) is 0.508. The number of nitrogens with zero attached hydrogens (tertiary/aromatic N) is 2. The third kappa shape index (κ3) is 4.03. The van der Waals surface area contributed by atoms with Gasteiger partial charge in [0.05, 0.1) is 30.5 Å². The van der Waals surface area contributed by atoms with E-state index in [0.29, 0.717) is 29.6 Å². The summed E-state index contributed by atoms with van der Waals surface area (Å²) in [6.45, 7) is 1.11. The summed E-state index contributed by atoms with van der Waals surface area (Å²) in [6, 6.07) is 3.50. The zero-order valence-corrected chi connectivity index (χ0v) is 15.4. The van der Waals surface area contributed by atoms with Gasteiger partial charge >= 0.3 is 6.18 Å². The fourth-order valence-corrected chi connectivity index (χ4v) is 3.38. The Balaban J connectivity index is 1.83. The molecule has 1 aliphatic rings. The van der Waals surface area contributed by atoms with Crippen LogP contribution in [-0.4, -0.2) is 35.6 Å². The minimum Gasteiger partial charge on any atom is -0.493 e. The summed E-state index contributed by atoms with van der Waals surface area (Å²) in [7, 11) is 2.98. The van der Waals surface area contributed by atoms with Crippen LogP contribution in [0.5, 0.6) is 11.5 Å². The van der Waals surface area contributed by atoms with E-state index in [1.165, 1.54) is 14.2 Å². The van der Waals surface area contributed by atoms with Crippen molar-refractivity contribution in [2.24, 2.45) is 0 Å². The first-order valence-electron chi connectivity index (χ1n) is 8.05. The van der Waals surface area contributed by atoms with Gasteiger partial charge in [-0.25, -0.2) is 4.98 Å². The number of methoxy groups -OCH3 is 2. The van der Waals surface area contributed by atoms with Gasteiger partial charge in [-0.15, -0.1) is 0 Å².